The second-order valence-electron chi connectivity index (χ2n) is 5.72. The standard InChI is InChI=1S/C13H26N2O2/c1-10(2)13(16)7-14-6-12-8-15-5-3-4-11(15)9-17-12/h10-14,16H,3-9H2,1-2H3. The van der Waals surface area contributed by atoms with Crippen molar-refractivity contribution in [1.82, 2.24) is 10.2 Å². The van der Waals surface area contributed by atoms with Crippen LogP contribution in [0.15, 0.2) is 0 Å². The molecule has 2 saturated heterocycles. The molecule has 4 nitrogen and oxygen atoms in total. The molecule has 0 aliphatic carbocycles. The molecule has 0 aromatic rings. The van der Waals surface area contributed by atoms with E-state index >= 15 is 0 Å². The van der Waals surface area contributed by atoms with Gasteiger partial charge in [0.05, 0.1) is 18.8 Å². The molecule has 3 unspecified atom stereocenters. The third kappa shape index (κ3) is 3.65. The zero-order valence-corrected chi connectivity index (χ0v) is 11.1. The van der Waals surface area contributed by atoms with Crippen molar-refractivity contribution in [3.8, 4) is 0 Å². The topological polar surface area (TPSA) is 44.7 Å². The summed E-state index contributed by atoms with van der Waals surface area (Å²) in [6, 6.07) is 0.674. The molecule has 2 rings (SSSR count). The van der Waals surface area contributed by atoms with Gasteiger partial charge in [-0.05, 0) is 25.3 Å². The average Bonchev–Trinajstić information content (AvgIpc) is 2.75. The van der Waals surface area contributed by atoms with E-state index in [4.69, 9.17) is 4.74 Å². The Kier molecular flexibility index (Phi) is 4.79. The molecule has 0 aromatic carbocycles. The van der Waals surface area contributed by atoms with Crippen LogP contribution in [0.2, 0.25) is 0 Å². The lowest BCUT2D eigenvalue weighted by Crippen LogP contribution is -2.50. The Morgan fingerprint density at radius 2 is 2.29 bits per heavy atom. The molecule has 0 radical (unpaired) electrons. The van der Waals surface area contributed by atoms with Gasteiger partial charge in [0.15, 0.2) is 0 Å². The second kappa shape index (κ2) is 6.14. The van der Waals surface area contributed by atoms with Crippen LogP contribution in [0.5, 0.6) is 0 Å². The van der Waals surface area contributed by atoms with E-state index < -0.39 is 0 Å². The highest BCUT2D eigenvalue weighted by Crippen LogP contribution is 2.22. The third-order valence-corrected chi connectivity index (χ3v) is 3.96. The zero-order chi connectivity index (χ0) is 12.3. The van der Waals surface area contributed by atoms with Crippen LogP contribution in [0.4, 0.5) is 0 Å². The number of hydrogen-bond donors (Lipinski definition) is 2. The van der Waals surface area contributed by atoms with Gasteiger partial charge in [0.1, 0.15) is 0 Å². The van der Waals surface area contributed by atoms with Crippen LogP contribution in [0.3, 0.4) is 0 Å². The first-order chi connectivity index (χ1) is 8.16. The van der Waals surface area contributed by atoms with Gasteiger partial charge < -0.3 is 15.2 Å². The quantitative estimate of drug-likeness (QED) is 0.735. The van der Waals surface area contributed by atoms with E-state index in [1.165, 1.54) is 19.4 Å². The molecule has 2 aliphatic rings. The van der Waals surface area contributed by atoms with Gasteiger partial charge >= 0.3 is 0 Å². The lowest BCUT2D eigenvalue weighted by Gasteiger charge is -2.35. The summed E-state index contributed by atoms with van der Waals surface area (Å²) >= 11 is 0. The van der Waals surface area contributed by atoms with Gasteiger partial charge in [-0.2, -0.15) is 0 Å². The van der Waals surface area contributed by atoms with E-state index in [-0.39, 0.29) is 6.10 Å². The number of nitrogens with zero attached hydrogens (tertiary/aromatic N) is 1. The molecular weight excluding hydrogens is 216 g/mol. The minimum atomic E-state index is -0.252. The van der Waals surface area contributed by atoms with E-state index in [0.717, 1.165) is 19.7 Å². The monoisotopic (exact) mass is 242 g/mol. The Hall–Kier alpha value is -0.160. The maximum Gasteiger partial charge on any atom is 0.0827 e. The summed E-state index contributed by atoms with van der Waals surface area (Å²) in [4.78, 5) is 2.55. The van der Waals surface area contributed by atoms with Gasteiger partial charge in [-0.3, -0.25) is 4.90 Å². The van der Waals surface area contributed by atoms with Crippen molar-refractivity contribution in [1.29, 1.82) is 0 Å². The van der Waals surface area contributed by atoms with Crippen molar-refractivity contribution >= 4 is 0 Å². The molecular formula is C13H26N2O2. The van der Waals surface area contributed by atoms with Gasteiger partial charge in [-0.1, -0.05) is 13.8 Å². The molecule has 0 bridgehead atoms. The van der Waals surface area contributed by atoms with E-state index in [2.05, 4.69) is 10.2 Å². The fourth-order valence-electron chi connectivity index (χ4n) is 2.64. The van der Waals surface area contributed by atoms with Crippen molar-refractivity contribution in [2.45, 2.75) is 44.9 Å². The molecule has 0 saturated carbocycles. The Labute approximate surface area is 104 Å². The summed E-state index contributed by atoms with van der Waals surface area (Å²) in [5, 5.41) is 13.0. The van der Waals surface area contributed by atoms with Crippen LogP contribution < -0.4 is 5.32 Å². The highest BCUT2D eigenvalue weighted by molar-refractivity contribution is 4.86. The van der Waals surface area contributed by atoms with E-state index in [9.17, 15) is 5.11 Å². The van der Waals surface area contributed by atoms with Gasteiger partial charge in [-0.25, -0.2) is 0 Å². The summed E-state index contributed by atoms with van der Waals surface area (Å²) in [6.45, 7) is 8.78. The van der Waals surface area contributed by atoms with Crippen molar-refractivity contribution in [2.24, 2.45) is 5.92 Å². The lowest BCUT2D eigenvalue weighted by atomic mass is 10.1. The molecule has 0 aromatic heterocycles. The summed E-state index contributed by atoms with van der Waals surface area (Å²) in [5.41, 5.74) is 0. The minimum absolute atomic E-state index is 0.252. The summed E-state index contributed by atoms with van der Waals surface area (Å²) in [6.07, 6.45) is 2.66. The highest BCUT2D eigenvalue weighted by atomic mass is 16.5. The van der Waals surface area contributed by atoms with Gasteiger partial charge in [0, 0.05) is 25.7 Å². The number of rotatable bonds is 5. The summed E-state index contributed by atoms with van der Waals surface area (Å²) in [7, 11) is 0. The fourth-order valence-corrected chi connectivity index (χ4v) is 2.64. The molecule has 3 atom stereocenters. The smallest absolute Gasteiger partial charge is 0.0827 e. The summed E-state index contributed by atoms with van der Waals surface area (Å²) < 4.78 is 5.85. The van der Waals surface area contributed by atoms with Crippen molar-refractivity contribution in [2.75, 3.05) is 32.8 Å². The van der Waals surface area contributed by atoms with Crippen molar-refractivity contribution < 1.29 is 9.84 Å². The number of ether oxygens (including phenoxy) is 1. The maximum absolute atomic E-state index is 9.69. The molecule has 100 valence electrons. The molecule has 0 spiro atoms. The minimum Gasteiger partial charge on any atom is -0.392 e. The first kappa shape index (κ1) is 13.3. The van der Waals surface area contributed by atoms with Crippen LogP contribution in [0, 0.1) is 5.92 Å². The fraction of sp³-hybridized carbons (Fsp3) is 1.00. The Balaban J connectivity index is 1.63. The third-order valence-electron chi connectivity index (χ3n) is 3.96. The number of aliphatic hydroxyl groups excluding tert-OH is 1. The molecule has 0 amide bonds. The Morgan fingerprint density at radius 1 is 1.47 bits per heavy atom. The largest absolute Gasteiger partial charge is 0.392 e. The van der Waals surface area contributed by atoms with Crippen LogP contribution in [0.1, 0.15) is 26.7 Å². The number of fused-ring (bicyclic) bond motifs is 1. The lowest BCUT2D eigenvalue weighted by molar-refractivity contribution is -0.0479. The number of hydrogen-bond acceptors (Lipinski definition) is 4. The highest BCUT2D eigenvalue weighted by Gasteiger charge is 2.31. The van der Waals surface area contributed by atoms with Crippen molar-refractivity contribution in [3.05, 3.63) is 0 Å². The predicted octanol–water partition coefficient (Wildman–Crippen LogP) is 0.456. The number of morpholine rings is 1. The van der Waals surface area contributed by atoms with Crippen LogP contribution in [-0.2, 0) is 4.74 Å². The van der Waals surface area contributed by atoms with Gasteiger partial charge in [0.25, 0.3) is 0 Å². The van der Waals surface area contributed by atoms with Crippen molar-refractivity contribution in [3.63, 3.8) is 0 Å². The molecule has 2 heterocycles. The van der Waals surface area contributed by atoms with Gasteiger partial charge in [-0.15, -0.1) is 0 Å². The SMILES string of the molecule is CC(C)C(O)CNCC1CN2CCCC2CO1. The number of aliphatic hydroxyl groups is 1. The van der Waals surface area contributed by atoms with Gasteiger partial charge in [0.2, 0.25) is 0 Å². The number of nitrogens with one attached hydrogen (secondary N) is 1. The molecule has 17 heavy (non-hydrogen) atoms. The summed E-state index contributed by atoms with van der Waals surface area (Å²) in [5.74, 6) is 0.317. The molecule has 2 aliphatic heterocycles. The Bertz CT molecular complexity index is 235. The van der Waals surface area contributed by atoms with Crippen LogP contribution >= 0.6 is 0 Å². The Morgan fingerprint density at radius 3 is 3.06 bits per heavy atom. The zero-order valence-electron chi connectivity index (χ0n) is 11.1. The normalized spacial score (nSPS) is 31.8. The van der Waals surface area contributed by atoms with Crippen LogP contribution in [0.25, 0.3) is 0 Å². The average molecular weight is 242 g/mol. The second-order valence-corrected chi connectivity index (χ2v) is 5.72. The first-order valence-corrected chi connectivity index (χ1v) is 6.91. The molecule has 4 heteroatoms. The van der Waals surface area contributed by atoms with Crippen LogP contribution in [-0.4, -0.2) is 61.0 Å². The predicted molar refractivity (Wildman–Crippen MR) is 68.0 cm³/mol. The molecule has 2 N–H and O–H groups in total. The maximum atomic E-state index is 9.69. The molecule has 2 fully saturated rings. The first-order valence-electron chi connectivity index (χ1n) is 6.91. The van der Waals surface area contributed by atoms with E-state index in [0.29, 0.717) is 24.6 Å². The van der Waals surface area contributed by atoms with E-state index in [1.807, 2.05) is 13.8 Å². The van der Waals surface area contributed by atoms with E-state index in [1.54, 1.807) is 0 Å².